The fourth-order valence-corrected chi connectivity index (χ4v) is 5.74. The van der Waals surface area contributed by atoms with Crippen molar-refractivity contribution in [3.05, 3.63) is 72.9 Å². The van der Waals surface area contributed by atoms with E-state index < -0.39 is 55.4 Å². The van der Waals surface area contributed by atoms with Crippen molar-refractivity contribution in [1.29, 1.82) is 0 Å². The Kier molecular flexibility index (Phi) is 32.4. The van der Waals surface area contributed by atoms with Crippen molar-refractivity contribution in [2.45, 2.75) is 179 Å². The number of allylic oxidation sites excluding steroid dienone is 12. The number of carbonyl (C=O) groups excluding carboxylic acids is 2. The molecule has 0 saturated carbocycles. The average Bonchev–Trinajstić information content (AvgIpc) is 3.18. The highest BCUT2D eigenvalue weighted by atomic mass is 16.7. The van der Waals surface area contributed by atoms with Gasteiger partial charge in [-0.25, -0.2) is 0 Å². The predicted molar refractivity (Wildman–Crippen MR) is 219 cm³/mol. The molecule has 1 rings (SSSR count). The first kappa shape index (κ1) is 50.2. The van der Waals surface area contributed by atoms with E-state index in [4.69, 9.17) is 18.9 Å². The van der Waals surface area contributed by atoms with Crippen molar-refractivity contribution in [3.8, 4) is 0 Å². The average molecular weight is 775 g/mol. The predicted octanol–water partition coefficient (Wildman–Crippen LogP) is 8.44. The summed E-state index contributed by atoms with van der Waals surface area (Å²) in [5.74, 6) is -0.880. The molecule has 6 atom stereocenters. The lowest BCUT2D eigenvalue weighted by Crippen LogP contribution is -2.59. The summed E-state index contributed by atoms with van der Waals surface area (Å²) in [5.41, 5.74) is 0. The summed E-state index contributed by atoms with van der Waals surface area (Å²) in [5, 5.41) is 40.0. The molecule has 314 valence electrons. The van der Waals surface area contributed by atoms with Gasteiger partial charge in [0.2, 0.25) is 0 Å². The van der Waals surface area contributed by atoms with Gasteiger partial charge in [0.05, 0.1) is 13.2 Å². The van der Waals surface area contributed by atoms with E-state index in [1.165, 1.54) is 19.3 Å². The summed E-state index contributed by atoms with van der Waals surface area (Å²) in [4.78, 5) is 25.2. The molecule has 10 nitrogen and oxygen atoms in total. The topological polar surface area (TPSA) is 152 Å². The summed E-state index contributed by atoms with van der Waals surface area (Å²) in [6, 6.07) is 0. The van der Waals surface area contributed by atoms with Crippen molar-refractivity contribution >= 4 is 11.9 Å². The molecule has 55 heavy (non-hydrogen) atoms. The van der Waals surface area contributed by atoms with Crippen molar-refractivity contribution < 1.29 is 49.0 Å². The lowest BCUT2D eigenvalue weighted by molar-refractivity contribution is -0.305. The van der Waals surface area contributed by atoms with E-state index in [1.807, 2.05) is 0 Å². The van der Waals surface area contributed by atoms with Crippen LogP contribution in [0.1, 0.15) is 142 Å². The van der Waals surface area contributed by atoms with Gasteiger partial charge in [-0.2, -0.15) is 0 Å². The first-order valence-electron chi connectivity index (χ1n) is 21.0. The Hall–Kier alpha value is -2.86. The van der Waals surface area contributed by atoms with Gasteiger partial charge in [-0.1, -0.05) is 119 Å². The Morgan fingerprint density at radius 3 is 1.65 bits per heavy atom. The van der Waals surface area contributed by atoms with Gasteiger partial charge in [0.15, 0.2) is 12.4 Å². The van der Waals surface area contributed by atoms with Gasteiger partial charge >= 0.3 is 11.9 Å². The Morgan fingerprint density at radius 2 is 1.07 bits per heavy atom. The number of ether oxygens (including phenoxy) is 4. The van der Waals surface area contributed by atoms with Crippen LogP contribution in [-0.2, 0) is 28.5 Å². The molecule has 0 bridgehead atoms. The number of hydrogen-bond acceptors (Lipinski definition) is 10. The van der Waals surface area contributed by atoms with Crippen LogP contribution < -0.4 is 0 Å². The smallest absolute Gasteiger partial charge is 0.306 e. The number of unbranched alkanes of at least 4 members (excludes halogenated alkanes) is 10. The molecule has 1 saturated heterocycles. The molecular weight excluding hydrogens is 700 g/mol. The fourth-order valence-electron chi connectivity index (χ4n) is 5.74. The maximum absolute atomic E-state index is 12.7. The molecule has 1 aliphatic heterocycles. The van der Waals surface area contributed by atoms with Gasteiger partial charge in [0.25, 0.3) is 0 Å². The van der Waals surface area contributed by atoms with E-state index in [1.54, 1.807) is 0 Å². The van der Waals surface area contributed by atoms with Crippen LogP contribution in [0.25, 0.3) is 0 Å². The lowest BCUT2D eigenvalue weighted by Gasteiger charge is -2.39. The van der Waals surface area contributed by atoms with E-state index in [9.17, 15) is 30.0 Å². The second kappa shape index (κ2) is 35.5. The summed E-state index contributed by atoms with van der Waals surface area (Å²) in [6.45, 7) is 3.20. The molecule has 0 radical (unpaired) electrons. The minimum absolute atomic E-state index is 0.171. The lowest BCUT2D eigenvalue weighted by atomic mass is 9.99. The molecule has 10 heteroatoms. The Bertz CT molecular complexity index is 1120. The number of aliphatic hydroxyl groups is 4. The van der Waals surface area contributed by atoms with Gasteiger partial charge in [0.1, 0.15) is 31.0 Å². The molecule has 1 heterocycles. The van der Waals surface area contributed by atoms with E-state index >= 15 is 0 Å². The first-order valence-corrected chi connectivity index (χ1v) is 21.0. The van der Waals surface area contributed by atoms with Gasteiger partial charge in [0, 0.05) is 12.8 Å². The zero-order valence-corrected chi connectivity index (χ0v) is 33.9. The molecule has 1 fully saturated rings. The van der Waals surface area contributed by atoms with Gasteiger partial charge < -0.3 is 39.4 Å². The number of esters is 2. The number of carbonyl (C=O) groups is 2. The van der Waals surface area contributed by atoms with Crippen molar-refractivity contribution in [2.24, 2.45) is 0 Å². The maximum atomic E-state index is 12.7. The van der Waals surface area contributed by atoms with Gasteiger partial charge in [-0.15, -0.1) is 0 Å². The van der Waals surface area contributed by atoms with Gasteiger partial charge in [-0.05, 0) is 83.5 Å². The Morgan fingerprint density at radius 1 is 0.582 bits per heavy atom. The third kappa shape index (κ3) is 27.4. The molecule has 0 aromatic rings. The van der Waals surface area contributed by atoms with E-state index in [0.717, 1.165) is 83.5 Å². The molecule has 0 spiro atoms. The molecule has 6 unspecified atom stereocenters. The highest BCUT2D eigenvalue weighted by Crippen LogP contribution is 2.22. The largest absolute Gasteiger partial charge is 0.462 e. The molecule has 0 aromatic carbocycles. The minimum Gasteiger partial charge on any atom is -0.462 e. The Balaban J connectivity index is 2.41. The van der Waals surface area contributed by atoms with Crippen LogP contribution >= 0.6 is 0 Å². The van der Waals surface area contributed by atoms with Crippen LogP contribution in [0.3, 0.4) is 0 Å². The SMILES string of the molecule is CC/C=C\C/C=C\C/C=C\C/C=C\CCCCC(=O)OC(COC(=O)CCCCCCC/C=C\C/C=C\CCCCC)COC1OC(CO)C(O)C(O)C1O. The van der Waals surface area contributed by atoms with E-state index in [2.05, 4.69) is 86.8 Å². The second-order valence-corrected chi connectivity index (χ2v) is 14.1. The van der Waals surface area contributed by atoms with Gasteiger partial charge in [-0.3, -0.25) is 9.59 Å². The van der Waals surface area contributed by atoms with Crippen LogP contribution in [-0.4, -0.2) is 89.0 Å². The maximum Gasteiger partial charge on any atom is 0.306 e. The quantitative estimate of drug-likeness (QED) is 0.0291. The summed E-state index contributed by atoms with van der Waals surface area (Å²) in [6.07, 6.45) is 36.2. The second-order valence-electron chi connectivity index (χ2n) is 14.1. The third-order valence-corrected chi connectivity index (χ3v) is 9.08. The highest BCUT2D eigenvalue weighted by molar-refractivity contribution is 5.70. The first-order chi connectivity index (χ1) is 26.8. The molecule has 4 N–H and O–H groups in total. The van der Waals surface area contributed by atoms with Crippen LogP contribution in [0.5, 0.6) is 0 Å². The fraction of sp³-hybridized carbons (Fsp3) is 0.689. The van der Waals surface area contributed by atoms with Crippen LogP contribution in [0.15, 0.2) is 72.9 Å². The van der Waals surface area contributed by atoms with Crippen molar-refractivity contribution in [2.75, 3.05) is 19.8 Å². The minimum atomic E-state index is -1.61. The Labute approximate surface area is 332 Å². The zero-order valence-electron chi connectivity index (χ0n) is 33.9. The molecule has 0 amide bonds. The van der Waals surface area contributed by atoms with Crippen molar-refractivity contribution in [1.82, 2.24) is 0 Å². The summed E-state index contributed by atoms with van der Waals surface area (Å²) < 4.78 is 22.0. The van der Waals surface area contributed by atoms with E-state index in [0.29, 0.717) is 12.8 Å². The molecule has 0 aromatic heterocycles. The standard InChI is InChI=1S/C45H74O10/c1-3-5-7-9-11-13-15-17-19-21-23-25-27-29-31-33-40(47)52-36-38(37-53-45-44(51)43(50)42(49)39(35-46)55-45)54-41(48)34-32-30-28-26-24-22-20-18-16-14-12-10-8-6-4-2/h6,8,11-14,17-20,24,26,38-39,42-46,49-51H,3-5,7,9-10,15-16,21-23,25,27-37H2,1-2H3/b8-6-,13-11-,14-12-,19-17-,20-18-,26-24-. The molecule has 1 aliphatic rings. The summed E-state index contributed by atoms with van der Waals surface area (Å²) in [7, 11) is 0. The third-order valence-electron chi connectivity index (χ3n) is 9.08. The van der Waals surface area contributed by atoms with Crippen LogP contribution in [0.2, 0.25) is 0 Å². The zero-order chi connectivity index (χ0) is 40.2. The highest BCUT2D eigenvalue weighted by Gasteiger charge is 2.44. The van der Waals surface area contributed by atoms with Crippen LogP contribution in [0, 0.1) is 0 Å². The van der Waals surface area contributed by atoms with Crippen LogP contribution in [0.4, 0.5) is 0 Å². The molecular formula is C45H74O10. The monoisotopic (exact) mass is 775 g/mol. The number of rotatable bonds is 33. The number of aliphatic hydroxyl groups excluding tert-OH is 4. The molecule has 0 aliphatic carbocycles. The van der Waals surface area contributed by atoms with Crippen molar-refractivity contribution in [3.63, 3.8) is 0 Å². The van der Waals surface area contributed by atoms with E-state index in [-0.39, 0.29) is 26.1 Å². The summed E-state index contributed by atoms with van der Waals surface area (Å²) >= 11 is 0. The number of hydrogen-bond donors (Lipinski definition) is 4. The normalized spacial score (nSPS) is 21.3.